The molecular weight excluding hydrogens is 252 g/mol. The summed E-state index contributed by atoms with van der Waals surface area (Å²) in [7, 11) is 0. The molecule has 5 heteroatoms. The van der Waals surface area contributed by atoms with Gasteiger partial charge >= 0.3 is 6.09 Å². The highest BCUT2D eigenvalue weighted by molar-refractivity contribution is 5.85. The number of nitrogens with zero attached hydrogens (tertiary/aromatic N) is 1. The van der Waals surface area contributed by atoms with Crippen LogP contribution in [0.3, 0.4) is 0 Å². The number of ether oxygens (including phenoxy) is 1. The van der Waals surface area contributed by atoms with Gasteiger partial charge in [0.05, 0.1) is 6.61 Å². The molecule has 0 bridgehead atoms. The van der Waals surface area contributed by atoms with Crippen molar-refractivity contribution in [1.82, 2.24) is 10.2 Å². The average molecular weight is 279 g/mol. The van der Waals surface area contributed by atoms with Crippen LogP contribution in [0.5, 0.6) is 0 Å². The molecule has 0 atom stereocenters. The Morgan fingerprint density at radius 2 is 2.00 bits per heavy atom. The Morgan fingerprint density at radius 3 is 2.50 bits per heavy atom. The van der Waals surface area contributed by atoms with Crippen molar-refractivity contribution in [2.75, 3.05) is 32.8 Å². The number of amides is 1. The predicted molar refractivity (Wildman–Crippen MR) is 76.3 cm³/mol. The van der Waals surface area contributed by atoms with Gasteiger partial charge in [-0.1, -0.05) is 13.8 Å². The molecular formula is C13H27ClN2O2. The van der Waals surface area contributed by atoms with Crippen molar-refractivity contribution in [2.45, 2.75) is 33.6 Å². The maximum Gasteiger partial charge on any atom is 0.409 e. The Kier molecular flexibility index (Phi) is 9.20. The lowest BCUT2D eigenvalue weighted by atomic mass is 9.98. The molecule has 0 unspecified atom stereocenters. The molecule has 1 amide bonds. The number of carbonyl (C=O) groups is 1. The van der Waals surface area contributed by atoms with Gasteiger partial charge < -0.3 is 15.0 Å². The molecule has 18 heavy (non-hydrogen) atoms. The zero-order valence-corrected chi connectivity index (χ0v) is 12.6. The van der Waals surface area contributed by atoms with Crippen LogP contribution < -0.4 is 5.32 Å². The van der Waals surface area contributed by atoms with Crippen molar-refractivity contribution in [3.8, 4) is 0 Å². The van der Waals surface area contributed by atoms with Crippen molar-refractivity contribution < 1.29 is 9.53 Å². The van der Waals surface area contributed by atoms with E-state index >= 15 is 0 Å². The van der Waals surface area contributed by atoms with E-state index < -0.39 is 0 Å². The molecule has 1 N–H and O–H groups in total. The van der Waals surface area contributed by atoms with Gasteiger partial charge in [0.1, 0.15) is 0 Å². The Hall–Kier alpha value is -0.480. The van der Waals surface area contributed by atoms with E-state index in [9.17, 15) is 4.79 Å². The Bertz CT molecular complexity index is 231. The van der Waals surface area contributed by atoms with E-state index in [1.54, 1.807) is 0 Å². The fourth-order valence-corrected chi connectivity index (χ4v) is 2.04. The molecule has 0 radical (unpaired) electrons. The van der Waals surface area contributed by atoms with Crippen molar-refractivity contribution in [1.29, 1.82) is 0 Å². The van der Waals surface area contributed by atoms with Crippen molar-refractivity contribution in [3.63, 3.8) is 0 Å². The molecule has 0 spiro atoms. The first-order valence-electron chi connectivity index (χ1n) is 6.75. The van der Waals surface area contributed by atoms with E-state index in [0.717, 1.165) is 39.0 Å². The number of nitrogens with one attached hydrogen (secondary N) is 1. The summed E-state index contributed by atoms with van der Waals surface area (Å²) in [5.74, 6) is 1.03. The van der Waals surface area contributed by atoms with Crippen LogP contribution in [-0.2, 0) is 4.74 Å². The lowest BCUT2D eigenvalue weighted by molar-refractivity contribution is 0.0860. The molecule has 1 aliphatic rings. The summed E-state index contributed by atoms with van der Waals surface area (Å²) in [6.07, 6.45) is 2.17. The number of piperidine rings is 1. The minimum absolute atomic E-state index is 0. The van der Waals surface area contributed by atoms with Crippen LogP contribution in [-0.4, -0.2) is 43.8 Å². The second-order valence-corrected chi connectivity index (χ2v) is 5.20. The molecule has 0 aromatic rings. The zero-order valence-electron chi connectivity index (χ0n) is 11.8. The Balaban J connectivity index is 0.00000289. The molecule has 1 heterocycles. The predicted octanol–water partition coefficient (Wildman–Crippen LogP) is 2.52. The maximum absolute atomic E-state index is 11.8. The first-order valence-corrected chi connectivity index (χ1v) is 6.75. The lowest BCUT2D eigenvalue weighted by Gasteiger charge is -2.29. The van der Waals surface area contributed by atoms with Crippen LogP contribution in [0.25, 0.3) is 0 Å². The summed E-state index contributed by atoms with van der Waals surface area (Å²) in [6.45, 7) is 10.4. The zero-order chi connectivity index (χ0) is 12.7. The number of halogens is 1. The summed E-state index contributed by atoms with van der Waals surface area (Å²) in [5, 5.41) is 3.34. The second-order valence-electron chi connectivity index (χ2n) is 5.20. The molecule has 1 rings (SSSR count). The molecule has 1 fully saturated rings. The minimum atomic E-state index is -0.153. The SMILES string of the molecule is CCN(CC1CCNCC1)C(=O)OCC(C)C.Cl. The third-order valence-corrected chi connectivity index (χ3v) is 3.12. The second kappa shape index (κ2) is 9.45. The fourth-order valence-electron chi connectivity index (χ4n) is 2.04. The topological polar surface area (TPSA) is 41.6 Å². The summed E-state index contributed by atoms with van der Waals surface area (Å²) < 4.78 is 5.27. The van der Waals surface area contributed by atoms with Gasteiger partial charge in [0.2, 0.25) is 0 Å². The number of carbonyl (C=O) groups excluding carboxylic acids is 1. The van der Waals surface area contributed by atoms with Crippen LogP contribution in [0.4, 0.5) is 4.79 Å². The lowest BCUT2D eigenvalue weighted by Crippen LogP contribution is -2.39. The van der Waals surface area contributed by atoms with Gasteiger partial charge in [-0.25, -0.2) is 4.79 Å². The third-order valence-electron chi connectivity index (χ3n) is 3.12. The van der Waals surface area contributed by atoms with Crippen LogP contribution in [0.1, 0.15) is 33.6 Å². The standard InChI is InChI=1S/C13H26N2O2.ClH/c1-4-15(13(16)17-10-11(2)3)9-12-5-7-14-8-6-12;/h11-12,14H,4-10H2,1-3H3;1H. The first kappa shape index (κ1) is 17.5. The minimum Gasteiger partial charge on any atom is -0.449 e. The van der Waals surface area contributed by atoms with E-state index in [1.807, 2.05) is 11.8 Å². The smallest absolute Gasteiger partial charge is 0.409 e. The van der Waals surface area contributed by atoms with Gasteiger partial charge in [0, 0.05) is 13.1 Å². The monoisotopic (exact) mass is 278 g/mol. The molecule has 4 nitrogen and oxygen atoms in total. The van der Waals surface area contributed by atoms with Gasteiger partial charge in [0.15, 0.2) is 0 Å². The van der Waals surface area contributed by atoms with Crippen LogP contribution in [0, 0.1) is 11.8 Å². The van der Waals surface area contributed by atoms with Crippen LogP contribution in [0.15, 0.2) is 0 Å². The van der Waals surface area contributed by atoms with E-state index in [0.29, 0.717) is 18.4 Å². The van der Waals surface area contributed by atoms with Crippen LogP contribution in [0.2, 0.25) is 0 Å². The van der Waals surface area contributed by atoms with Crippen molar-refractivity contribution in [2.24, 2.45) is 11.8 Å². The first-order chi connectivity index (χ1) is 8.13. The fraction of sp³-hybridized carbons (Fsp3) is 0.923. The number of hydrogen-bond donors (Lipinski definition) is 1. The van der Waals surface area contributed by atoms with E-state index in [2.05, 4.69) is 19.2 Å². The largest absolute Gasteiger partial charge is 0.449 e. The molecule has 0 saturated carbocycles. The van der Waals surface area contributed by atoms with Gasteiger partial charge in [-0.3, -0.25) is 0 Å². The van der Waals surface area contributed by atoms with Crippen molar-refractivity contribution >= 4 is 18.5 Å². The average Bonchev–Trinajstić information content (AvgIpc) is 2.34. The highest BCUT2D eigenvalue weighted by Crippen LogP contribution is 2.14. The summed E-state index contributed by atoms with van der Waals surface area (Å²) in [6, 6.07) is 0. The highest BCUT2D eigenvalue weighted by Gasteiger charge is 2.20. The van der Waals surface area contributed by atoms with E-state index in [1.165, 1.54) is 0 Å². The normalized spacial score (nSPS) is 16.2. The maximum atomic E-state index is 11.8. The van der Waals surface area contributed by atoms with Gasteiger partial charge in [-0.15, -0.1) is 12.4 Å². The summed E-state index contributed by atoms with van der Waals surface area (Å²) in [4.78, 5) is 13.7. The molecule has 1 saturated heterocycles. The number of rotatable bonds is 5. The molecule has 1 aliphatic heterocycles. The summed E-state index contributed by atoms with van der Waals surface area (Å²) >= 11 is 0. The molecule has 0 aliphatic carbocycles. The van der Waals surface area contributed by atoms with E-state index in [-0.39, 0.29) is 18.5 Å². The van der Waals surface area contributed by atoms with Gasteiger partial charge in [-0.2, -0.15) is 0 Å². The van der Waals surface area contributed by atoms with Gasteiger partial charge in [0.25, 0.3) is 0 Å². The van der Waals surface area contributed by atoms with Crippen LogP contribution >= 0.6 is 12.4 Å². The third kappa shape index (κ3) is 6.45. The number of hydrogen-bond acceptors (Lipinski definition) is 3. The summed E-state index contributed by atoms with van der Waals surface area (Å²) in [5.41, 5.74) is 0. The Labute approximate surface area is 117 Å². The molecule has 0 aromatic carbocycles. The quantitative estimate of drug-likeness (QED) is 0.840. The van der Waals surface area contributed by atoms with Gasteiger partial charge in [-0.05, 0) is 44.7 Å². The Morgan fingerprint density at radius 1 is 1.39 bits per heavy atom. The molecule has 108 valence electrons. The van der Waals surface area contributed by atoms with E-state index in [4.69, 9.17) is 4.74 Å². The van der Waals surface area contributed by atoms with Crippen molar-refractivity contribution in [3.05, 3.63) is 0 Å². The highest BCUT2D eigenvalue weighted by atomic mass is 35.5. The molecule has 0 aromatic heterocycles.